The minimum absolute atomic E-state index is 0. The van der Waals surface area contributed by atoms with Gasteiger partial charge in [0, 0.05) is 25.0 Å². The lowest BCUT2D eigenvalue weighted by atomic mass is 9.97. The molecule has 2 aromatic carbocycles. The van der Waals surface area contributed by atoms with Gasteiger partial charge < -0.3 is 54.7 Å². The van der Waals surface area contributed by atoms with E-state index in [2.05, 4.69) is 0 Å². The Kier molecular flexibility index (Phi) is 17.8. The maximum atomic E-state index is 12.6. The molecule has 7 atom stereocenters. The van der Waals surface area contributed by atoms with Gasteiger partial charge in [0.05, 0.1) is 26.4 Å². The summed E-state index contributed by atoms with van der Waals surface area (Å²) in [5.41, 5.74) is 2.00. The van der Waals surface area contributed by atoms with Gasteiger partial charge in [-0.15, -0.1) is 0 Å². The Labute approximate surface area is 321 Å². The van der Waals surface area contributed by atoms with Crippen LogP contribution < -0.4 is 9.47 Å². The molecule has 2 heterocycles. The molecule has 14 nitrogen and oxygen atoms in total. The number of rotatable bonds is 2. The number of carbonyl (C=O) groups is 3. The number of phenolic OH excluding ortho intramolecular Hbond substituents is 2. The predicted octanol–water partition coefficient (Wildman–Crippen LogP) is 4.25. The first-order valence-corrected chi connectivity index (χ1v) is 17.4. The number of cyclic esters (lactones) is 2. The second kappa shape index (κ2) is 21.2. The second-order valence-electron chi connectivity index (χ2n) is 13.0. The molecular weight excluding hydrogens is 716 g/mol. The monoisotopic (exact) mass is 770 g/mol. The highest BCUT2D eigenvalue weighted by molar-refractivity contribution is 5.99. The number of aromatic hydroxyl groups is 2. The van der Waals surface area contributed by atoms with Crippen LogP contribution in [0.2, 0.25) is 0 Å². The summed E-state index contributed by atoms with van der Waals surface area (Å²) >= 11 is 0. The maximum Gasteiger partial charge on any atom is 0.342 e. The molecule has 7 N–H and O–H groups in total. The van der Waals surface area contributed by atoms with Gasteiger partial charge in [0.1, 0.15) is 64.6 Å². The van der Waals surface area contributed by atoms with Crippen molar-refractivity contribution in [3.63, 3.8) is 0 Å². The topological polar surface area (TPSA) is 230 Å². The normalized spacial score (nSPS) is 27.3. The number of ketones is 1. The number of methoxy groups -OCH3 is 2. The molecule has 0 fully saturated rings. The van der Waals surface area contributed by atoms with E-state index in [1.807, 2.05) is 0 Å². The third-order valence-corrected chi connectivity index (χ3v) is 8.87. The summed E-state index contributed by atoms with van der Waals surface area (Å²) in [6.45, 7) is 6.78. The van der Waals surface area contributed by atoms with Crippen molar-refractivity contribution in [3.05, 3.63) is 82.0 Å². The van der Waals surface area contributed by atoms with E-state index in [1.165, 1.54) is 50.7 Å². The van der Waals surface area contributed by atoms with Crippen LogP contribution in [0.5, 0.6) is 23.0 Å². The molecular formula is C41H54O14. The summed E-state index contributed by atoms with van der Waals surface area (Å²) in [5, 5.41) is 70.6. The molecule has 0 bridgehead atoms. The van der Waals surface area contributed by atoms with Crippen LogP contribution in [-0.4, -0.2) is 110 Å². The SMILES string of the molecule is C.COc1cc(O)c2c(c1C)/C=C/C[C@H](O)[C@H](O)C(=O)/C=C\C[C@H](C)OC2=O.COc1cc(O)c2c(c1C)/C=C/C[C@H](O)[C@H](O)C(O)/C=C\C[C@H](C)OC2=O. The molecule has 2 aliphatic heterocycles. The average molecular weight is 771 g/mol. The van der Waals surface area contributed by atoms with E-state index < -0.39 is 60.4 Å². The molecule has 302 valence electrons. The molecule has 1 unspecified atom stereocenters. The molecule has 14 heteroatoms. The number of phenols is 2. The van der Waals surface area contributed by atoms with E-state index in [0.717, 1.165) is 6.08 Å². The summed E-state index contributed by atoms with van der Waals surface area (Å²) in [7, 11) is 2.90. The molecule has 2 aromatic rings. The Morgan fingerprint density at radius 3 is 1.51 bits per heavy atom. The lowest BCUT2D eigenvalue weighted by Gasteiger charge is -2.21. The van der Waals surface area contributed by atoms with Crippen molar-refractivity contribution in [2.24, 2.45) is 0 Å². The van der Waals surface area contributed by atoms with E-state index in [1.54, 1.807) is 45.9 Å². The number of esters is 2. The third kappa shape index (κ3) is 12.0. The van der Waals surface area contributed by atoms with Crippen LogP contribution in [0.15, 0.2) is 48.6 Å². The smallest absolute Gasteiger partial charge is 0.342 e. The van der Waals surface area contributed by atoms with Gasteiger partial charge in [-0.05, 0) is 68.9 Å². The van der Waals surface area contributed by atoms with Crippen LogP contribution in [0.4, 0.5) is 0 Å². The van der Waals surface area contributed by atoms with Crippen LogP contribution in [0.3, 0.4) is 0 Å². The summed E-state index contributed by atoms with van der Waals surface area (Å²) in [6.07, 6.45) is 4.53. The van der Waals surface area contributed by atoms with Crippen LogP contribution in [-0.2, 0) is 14.3 Å². The van der Waals surface area contributed by atoms with E-state index in [0.29, 0.717) is 40.2 Å². The quantitative estimate of drug-likeness (QED) is 0.167. The van der Waals surface area contributed by atoms with Gasteiger partial charge in [-0.2, -0.15) is 0 Å². The molecule has 0 spiro atoms. The van der Waals surface area contributed by atoms with Crippen LogP contribution in [0.25, 0.3) is 12.2 Å². The zero-order valence-corrected chi connectivity index (χ0v) is 31.1. The first kappa shape index (κ1) is 46.2. The molecule has 0 aromatic heterocycles. The molecule has 0 amide bonds. The molecule has 4 rings (SSSR count). The van der Waals surface area contributed by atoms with Gasteiger partial charge in [-0.3, -0.25) is 4.79 Å². The molecule has 55 heavy (non-hydrogen) atoms. The number of fused-ring (bicyclic) bond motifs is 2. The number of benzene rings is 2. The Morgan fingerprint density at radius 2 is 1.05 bits per heavy atom. The summed E-state index contributed by atoms with van der Waals surface area (Å²) in [4.78, 5) is 37.1. The first-order chi connectivity index (χ1) is 25.5. The van der Waals surface area contributed by atoms with Crippen molar-refractivity contribution < 1.29 is 69.1 Å². The Bertz CT molecular complexity index is 1770. The van der Waals surface area contributed by atoms with Crippen molar-refractivity contribution in [3.8, 4) is 23.0 Å². The number of hydrogen-bond acceptors (Lipinski definition) is 14. The van der Waals surface area contributed by atoms with Crippen molar-refractivity contribution >= 4 is 29.9 Å². The Balaban J connectivity index is 0.000000373. The fourth-order valence-electron chi connectivity index (χ4n) is 5.71. The number of carbonyl (C=O) groups excluding carboxylic acids is 3. The summed E-state index contributed by atoms with van der Waals surface area (Å²) < 4.78 is 21.2. The number of aliphatic hydroxyl groups is 5. The molecule has 0 aliphatic carbocycles. The minimum Gasteiger partial charge on any atom is -0.507 e. The zero-order chi connectivity index (χ0) is 40.3. The van der Waals surface area contributed by atoms with Crippen molar-refractivity contribution in [2.45, 2.75) is 104 Å². The largest absolute Gasteiger partial charge is 0.507 e. The maximum absolute atomic E-state index is 12.6. The Morgan fingerprint density at radius 1 is 0.636 bits per heavy atom. The highest BCUT2D eigenvalue weighted by Gasteiger charge is 2.27. The highest BCUT2D eigenvalue weighted by atomic mass is 16.5. The number of hydrogen-bond donors (Lipinski definition) is 7. The van der Waals surface area contributed by atoms with E-state index in [-0.39, 0.29) is 49.3 Å². The lowest BCUT2D eigenvalue weighted by Crippen LogP contribution is -2.35. The second-order valence-corrected chi connectivity index (χ2v) is 13.0. The van der Waals surface area contributed by atoms with Gasteiger partial charge >= 0.3 is 11.9 Å². The number of aliphatic hydroxyl groups excluding tert-OH is 5. The molecule has 2 aliphatic rings. The Hall–Kier alpha value is -4.99. The molecule has 0 saturated carbocycles. The van der Waals surface area contributed by atoms with Crippen molar-refractivity contribution in [1.29, 1.82) is 0 Å². The van der Waals surface area contributed by atoms with Gasteiger partial charge in [0.2, 0.25) is 0 Å². The van der Waals surface area contributed by atoms with Gasteiger partial charge in [0.25, 0.3) is 0 Å². The van der Waals surface area contributed by atoms with Gasteiger partial charge in [0.15, 0.2) is 5.78 Å². The summed E-state index contributed by atoms with van der Waals surface area (Å²) in [5.74, 6) is -1.78. The van der Waals surface area contributed by atoms with Crippen LogP contribution in [0.1, 0.15) is 89.9 Å². The lowest BCUT2D eigenvalue weighted by molar-refractivity contribution is -0.127. The molecule has 0 saturated heterocycles. The zero-order valence-electron chi connectivity index (χ0n) is 31.1. The van der Waals surface area contributed by atoms with E-state index in [4.69, 9.17) is 18.9 Å². The van der Waals surface area contributed by atoms with Crippen LogP contribution in [0, 0.1) is 13.8 Å². The standard InChI is InChI=1S/C20H26O7.C20H24O7.CH4/c2*1-11-6-4-8-14(21)19(24)15(22)9-5-7-13-12(2)17(26-3)10-16(23)18(13)20(25)27-11;/h4-5,7-8,10-11,14-15,19,21-24H,6,9H2,1-3H3;4-5,7-8,10-11,15,19,22-24H,6,9H2,1-3H3;1H4/b2*7-5+,8-4-;/t11-,14?,15-,19+;11-,15-,19+;/m00./s1. The first-order valence-electron chi connectivity index (χ1n) is 17.4. The van der Waals surface area contributed by atoms with Gasteiger partial charge in [-0.25, -0.2) is 9.59 Å². The fraction of sp³-hybridized carbons (Fsp3) is 0.439. The van der Waals surface area contributed by atoms with E-state index >= 15 is 0 Å². The third-order valence-electron chi connectivity index (χ3n) is 8.87. The minimum atomic E-state index is -1.55. The van der Waals surface area contributed by atoms with Crippen molar-refractivity contribution in [2.75, 3.05) is 14.2 Å². The fourth-order valence-corrected chi connectivity index (χ4v) is 5.71. The van der Waals surface area contributed by atoms with Crippen molar-refractivity contribution in [1.82, 2.24) is 0 Å². The predicted molar refractivity (Wildman–Crippen MR) is 205 cm³/mol. The summed E-state index contributed by atoms with van der Waals surface area (Å²) in [6, 6.07) is 2.69. The highest BCUT2D eigenvalue weighted by Crippen LogP contribution is 2.36. The number of ether oxygens (including phenoxy) is 4. The average Bonchev–Trinajstić information content (AvgIpc) is 3.12. The van der Waals surface area contributed by atoms with Crippen LogP contribution >= 0.6 is 0 Å². The van der Waals surface area contributed by atoms with Gasteiger partial charge in [-0.1, -0.05) is 50.0 Å². The van der Waals surface area contributed by atoms with E-state index in [9.17, 15) is 50.1 Å². The molecule has 0 radical (unpaired) electrons.